The largest absolute Gasteiger partial charge is 0.481 e. The molecule has 0 aromatic rings. The summed E-state index contributed by atoms with van der Waals surface area (Å²) < 4.78 is 0. The van der Waals surface area contributed by atoms with E-state index in [-0.39, 0.29) is 19.5 Å². The van der Waals surface area contributed by atoms with Gasteiger partial charge < -0.3 is 21.1 Å². The van der Waals surface area contributed by atoms with Gasteiger partial charge in [-0.15, -0.1) is 0 Å². The molecule has 0 aromatic heterocycles. The minimum absolute atomic E-state index is 0.0312. The first-order valence-electron chi connectivity index (χ1n) is 4.50. The van der Waals surface area contributed by atoms with Crippen LogP contribution in [0.3, 0.4) is 0 Å². The van der Waals surface area contributed by atoms with Gasteiger partial charge in [-0.1, -0.05) is 0 Å². The molecule has 15 heavy (non-hydrogen) atoms. The van der Waals surface area contributed by atoms with Crippen molar-refractivity contribution in [2.24, 2.45) is 5.73 Å². The number of nitrogens with two attached hydrogens (primary N) is 1. The summed E-state index contributed by atoms with van der Waals surface area (Å²) in [6.07, 6.45) is -0.153. The third-order valence-corrected chi connectivity index (χ3v) is 1.63. The Balaban J connectivity index is 3.93. The molecule has 4 N–H and O–H groups in total. The third kappa shape index (κ3) is 6.30. The Labute approximate surface area is 87.2 Å². The number of carbonyl (C=O) groups is 3. The molecule has 0 saturated heterocycles. The molecule has 0 radical (unpaired) electrons. The quantitative estimate of drug-likeness (QED) is 0.528. The number of aliphatic carboxylic acids is 1. The van der Waals surface area contributed by atoms with Crippen LogP contribution in [0.2, 0.25) is 0 Å². The van der Waals surface area contributed by atoms with Gasteiger partial charge in [-0.25, -0.2) is 4.79 Å². The molecule has 0 atom stereocenters. The lowest BCUT2D eigenvalue weighted by atomic mass is 10.4. The van der Waals surface area contributed by atoms with E-state index in [1.54, 1.807) is 6.92 Å². The van der Waals surface area contributed by atoms with Gasteiger partial charge in [-0.3, -0.25) is 9.59 Å². The second-order valence-corrected chi connectivity index (χ2v) is 2.86. The number of rotatable bonds is 6. The van der Waals surface area contributed by atoms with Crippen molar-refractivity contribution in [1.82, 2.24) is 10.2 Å². The fraction of sp³-hybridized carbons (Fsp3) is 0.625. The van der Waals surface area contributed by atoms with Gasteiger partial charge in [0.15, 0.2) is 0 Å². The summed E-state index contributed by atoms with van der Waals surface area (Å²) in [5, 5.41) is 10.7. The molecule has 0 aliphatic carbocycles. The topological polar surface area (TPSA) is 113 Å². The number of primary amides is 1. The Kier molecular flexibility index (Phi) is 5.84. The fourth-order valence-corrected chi connectivity index (χ4v) is 0.903. The molecule has 7 heteroatoms. The van der Waals surface area contributed by atoms with Crippen LogP contribution in [0.25, 0.3) is 0 Å². The van der Waals surface area contributed by atoms with Crippen molar-refractivity contribution >= 4 is 17.9 Å². The van der Waals surface area contributed by atoms with Crippen molar-refractivity contribution in [1.29, 1.82) is 0 Å². The number of amides is 3. The van der Waals surface area contributed by atoms with Crippen molar-refractivity contribution in [3.8, 4) is 0 Å². The van der Waals surface area contributed by atoms with E-state index >= 15 is 0 Å². The highest BCUT2D eigenvalue weighted by molar-refractivity contribution is 5.83. The van der Waals surface area contributed by atoms with E-state index in [2.05, 4.69) is 5.32 Å². The molecule has 0 saturated carbocycles. The average Bonchev–Trinajstić information content (AvgIpc) is 2.13. The number of hydrogen-bond donors (Lipinski definition) is 3. The van der Waals surface area contributed by atoms with Gasteiger partial charge in [0.2, 0.25) is 5.91 Å². The monoisotopic (exact) mass is 217 g/mol. The Morgan fingerprint density at radius 3 is 2.40 bits per heavy atom. The predicted molar refractivity (Wildman–Crippen MR) is 52.1 cm³/mol. The summed E-state index contributed by atoms with van der Waals surface area (Å²) >= 11 is 0. The predicted octanol–water partition coefficient (Wildman–Crippen LogP) is -1.02. The maximum Gasteiger partial charge on any atom is 0.317 e. The number of hydrogen-bond acceptors (Lipinski definition) is 3. The zero-order valence-electron chi connectivity index (χ0n) is 8.52. The Morgan fingerprint density at radius 1 is 1.40 bits per heavy atom. The minimum Gasteiger partial charge on any atom is -0.481 e. The van der Waals surface area contributed by atoms with Crippen LogP contribution in [-0.4, -0.2) is 47.5 Å². The highest BCUT2D eigenvalue weighted by Crippen LogP contribution is 1.88. The van der Waals surface area contributed by atoms with Crippen LogP contribution >= 0.6 is 0 Å². The van der Waals surface area contributed by atoms with Gasteiger partial charge in [-0.05, 0) is 6.92 Å². The lowest BCUT2D eigenvalue weighted by Gasteiger charge is -2.19. The Bertz CT molecular complexity index is 254. The van der Waals surface area contributed by atoms with Crippen LogP contribution in [0.1, 0.15) is 13.3 Å². The molecule has 0 fully saturated rings. The van der Waals surface area contributed by atoms with Crippen LogP contribution < -0.4 is 11.1 Å². The number of nitrogens with zero attached hydrogens (tertiary/aromatic N) is 1. The number of urea groups is 1. The molecule has 0 bridgehead atoms. The highest BCUT2D eigenvalue weighted by Gasteiger charge is 2.13. The van der Waals surface area contributed by atoms with Gasteiger partial charge in [0.25, 0.3) is 0 Å². The van der Waals surface area contributed by atoms with E-state index < -0.39 is 17.9 Å². The van der Waals surface area contributed by atoms with Crippen LogP contribution in [-0.2, 0) is 9.59 Å². The summed E-state index contributed by atoms with van der Waals surface area (Å²) in [6.45, 7) is 1.89. The van der Waals surface area contributed by atoms with Gasteiger partial charge >= 0.3 is 12.0 Å². The standard InChI is InChI=1S/C8H15N3O4/c1-2-11(5-6(9)12)8(15)10-4-3-7(13)14/h2-5H2,1H3,(H2,9,12)(H,10,15)(H,13,14). The van der Waals surface area contributed by atoms with E-state index in [0.29, 0.717) is 6.54 Å². The van der Waals surface area contributed by atoms with Gasteiger partial charge in [0.1, 0.15) is 6.54 Å². The van der Waals surface area contributed by atoms with Gasteiger partial charge in [0.05, 0.1) is 6.42 Å². The fourth-order valence-electron chi connectivity index (χ4n) is 0.903. The first-order chi connectivity index (χ1) is 6.97. The molecule has 0 aromatic carbocycles. The van der Waals surface area contributed by atoms with Crippen molar-refractivity contribution in [3.63, 3.8) is 0 Å². The van der Waals surface area contributed by atoms with E-state index in [1.165, 1.54) is 4.90 Å². The molecule has 0 rings (SSSR count). The molecule has 0 aliphatic heterocycles. The van der Waals surface area contributed by atoms with E-state index in [1.807, 2.05) is 0 Å². The minimum atomic E-state index is -0.992. The molecule has 7 nitrogen and oxygen atoms in total. The lowest BCUT2D eigenvalue weighted by molar-refractivity contribution is -0.136. The average molecular weight is 217 g/mol. The Morgan fingerprint density at radius 2 is 2.00 bits per heavy atom. The van der Waals surface area contributed by atoms with Crippen molar-refractivity contribution in [2.75, 3.05) is 19.6 Å². The highest BCUT2D eigenvalue weighted by atomic mass is 16.4. The first kappa shape index (κ1) is 13.2. The third-order valence-electron chi connectivity index (χ3n) is 1.63. The normalized spacial score (nSPS) is 9.40. The molecule has 0 heterocycles. The number of carboxylic acid groups (broad SMARTS) is 1. The smallest absolute Gasteiger partial charge is 0.317 e. The molecular formula is C8H15N3O4. The summed E-state index contributed by atoms with van der Waals surface area (Å²) in [5.74, 6) is -1.60. The number of carbonyl (C=O) groups excluding carboxylic acids is 2. The van der Waals surface area contributed by atoms with Crippen molar-refractivity contribution in [3.05, 3.63) is 0 Å². The molecule has 86 valence electrons. The lowest BCUT2D eigenvalue weighted by Crippen LogP contribution is -2.44. The van der Waals surface area contributed by atoms with Gasteiger partial charge in [0, 0.05) is 13.1 Å². The van der Waals surface area contributed by atoms with Crippen LogP contribution in [0.5, 0.6) is 0 Å². The summed E-state index contributed by atoms with van der Waals surface area (Å²) in [7, 11) is 0. The summed E-state index contributed by atoms with van der Waals surface area (Å²) in [5.41, 5.74) is 4.93. The second-order valence-electron chi connectivity index (χ2n) is 2.86. The molecular weight excluding hydrogens is 202 g/mol. The zero-order chi connectivity index (χ0) is 11.8. The molecule has 3 amide bonds. The number of nitrogens with one attached hydrogen (secondary N) is 1. The van der Waals surface area contributed by atoms with Crippen LogP contribution in [0, 0.1) is 0 Å². The van der Waals surface area contributed by atoms with E-state index in [0.717, 1.165) is 0 Å². The SMILES string of the molecule is CCN(CC(N)=O)C(=O)NCCC(=O)O. The summed E-state index contributed by atoms with van der Waals surface area (Å²) in [6, 6.07) is -0.488. The van der Waals surface area contributed by atoms with E-state index in [4.69, 9.17) is 10.8 Å². The van der Waals surface area contributed by atoms with E-state index in [9.17, 15) is 14.4 Å². The van der Waals surface area contributed by atoms with Crippen LogP contribution in [0.4, 0.5) is 4.79 Å². The van der Waals surface area contributed by atoms with Crippen molar-refractivity contribution < 1.29 is 19.5 Å². The molecule has 0 unspecified atom stereocenters. The number of carboxylic acids is 1. The summed E-state index contributed by atoms with van der Waals surface area (Å²) in [4.78, 5) is 33.2. The maximum absolute atomic E-state index is 11.3. The molecule has 0 spiro atoms. The maximum atomic E-state index is 11.3. The first-order valence-corrected chi connectivity index (χ1v) is 4.50. The van der Waals surface area contributed by atoms with Crippen LogP contribution in [0.15, 0.2) is 0 Å². The Hall–Kier alpha value is -1.79. The molecule has 0 aliphatic rings. The second kappa shape index (κ2) is 6.63. The zero-order valence-corrected chi connectivity index (χ0v) is 8.52. The van der Waals surface area contributed by atoms with Gasteiger partial charge in [-0.2, -0.15) is 0 Å². The number of likely N-dealkylation sites (N-methyl/N-ethyl adjacent to an activating group) is 1. The van der Waals surface area contributed by atoms with Crippen molar-refractivity contribution in [2.45, 2.75) is 13.3 Å².